The van der Waals surface area contributed by atoms with Crippen LogP contribution < -0.4 is 0 Å². The Hall–Kier alpha value is -1.06. The van der Waals surface area contributed by atoms with Crippen molar-refractivity contribution in [3.8, 4) is 0 Å². The summed E-state index contributed by atoms with van der Waals surface area (Å²) < 4.78 is 10.9. The van der Waals surface area contributed by atoms with Crippen molar-refractivity contribution in [2.75, 3.05) is 0 Å². The Balaban J connectivity index is 1.95. The zero-order valence-corrected chi connectivity index (χ0v) is 18.6. The van der Waals surface area contributed by atoms with Crippen LogP contribution in [-0.4, -0.2) is 17.7 Å². The number of carbonyl (C=O) groups excluding carboxylic acids is 2. The van der Waals surface area contributed by atoms with Gasteiger partial charge in [0.15, 0.2) is 0 Å². The number of hydrogen-bond donors (Lipinski definition) is 0. The first kappa shape index (κ1) is 25.0. The maximum atomic E-state index is 11.7. The fourth-order valence-electron chi connectivity index (χ4n) is 3.93. The molecule has 0 unspecified atom stereocenters. The van der Waals surface area contributed by atoms with Crippen LogP contribution in [0.25, 0.3) is 0 Å². The highest BCUT2D eigenvalue weighted by atomic mass is 16.7. The van der Waals surface area contributed by atoms with Crippen LogP contribution in [0.15, 0.2) is 0 Å². The minimum atomic E-state index is -1.01. The maximum absolute atomic E-state index is 11.7. The highest BCUT2D eigenvalue weighted by Gasteiger charge is 2.38. The van der Waals surface area contributed by atoms with Crippen LogP contribution in [-0.2, 0) is 19.1 Å². The topological polar surface area (TPSA) is 52.6 Å². The van der Waals surface area contributed by atoms with Crippen LogP contribution in [0.5, 0.6) is 0 Å². The van der Waals surface area contributed by atoms with Gasteiger partial charge in [-0.25, -0.2) is 0 Å². The van der Waals surface area contributed by atoms with Gasteiger partial charge in [0.25, 0.3) is 5.79 Å². The zero-order chi connectivity index (χ0) is 20.5. The molecular formula is C24H44O4. The van der Waals surface area contributed by atoms with Gasteiger partial charge in [0.05, 0.1) is 12.8 Å². The molecule has 1 fully saturated rings. The highest BCUT2D eigenvalue weighted by molar-refractivity contribution is 5.79. The smallest absolute Gasteiger partial charge is 0.309 e. The van der Waals surface area contributed by atoms with E-state index in [-0.39, 0.29) is 24.8 Å². The quantitative estimate of drug-likeness (QED) is 0.192. The number of ether oxygens (including phenoxy) is 2. The van der Waals surface area contributed by atoms with Gasteiger partial charge in [0, 0.05) is 12.8 Å². The second-order valence-electron chi connectivity index (χ2n) is 8.41. The van der Waals surface area contributed by atoms with Gasteiger partial charge in [-0.2, -0.15) is 0 Å². The monoisotopic (exact) mass is 396 g/mol. The minimum absolute atomic E-state index is 0.138. The molecule has 0 amide bonds. The van der Waals surface area contributed by atoms with Crippen molar-refractivity contribution in [2.45, 2.75) is 142 Å². The van der Waals surface area contributed by atoms with Gasteiger partial charge in [-0.3, -0.25) is 9.59 Å². The Morgan fingerprint density at radius 2 is 0.964 bits per heavy atom. The molecule has 164 valence electrons. The Morgan fingerprint density at radius 3 is 1.32 bits per heavy atom. The van der Waals surface area contributed by atoms with E-state index < -0.39 is 5.79 Å². The summed E-state index contributed by atoms with van der Waals surface area (Å²) in [5.41, 5.74) is 0. The molecule has 1 aliphatic heterocycles. The lowest BCUT2D eigenvalue weighted by Crippen LogP contribution is -2.37. The van der Waals surface area contributed by atoms with Crippen LogP contribution in [0.4, 0.5) is 0 Å². The van der Waals surface area contributed by atoms with Crippen LogP contribution in [0.2, 0.25) is 0 Å². The fraction of sp³-hybridized carbons (Fsp3) is 0.917. The Morgan fingerprint density at radius 1 is 0.607 bits per heavy atom. The second-order valence-corrected chi connectivity index (χ2v) is 8.41. The summed E-state index contributed by atoms with van der Waals surface area (Å²) in [5, 5.41) is 0. The van der Waals surface area contributed by atoms with Gasteiger partial charge in [0.2, 0.25) is 0 Å². The Kier molecular flexibility index (Phi) is 14.1. The molecule has 0 N–H and O–H groups in total. The first-order valence-electron chi connectivity index (χ1n) is 12.1. The Labute approximate surface area is 173 Å². The number of carbonyl (C=O) groups is 2. The normalized spacial score (nSPS) is 16.5. The number of cyclic esters (lactones) is 2. The SMILES string of the molecule is CCCCCCCCCCCCCCCCCC1(CC)OC(=O)CCC(=O)O1. The lowest BCUT2D eigenvalue weighted by Gasteiger charge is -2.30. The van der Waals surface area contributed by atoms with E-state index >= 15 is 0 Å². The number of unbranched alkanes of at least 4 members (excludes halogenated alkanes) is 14. The van der Waals surface area contributed by atoms with Crippen LogP contribution in [0, 0.1) is 0 Å². The molecule has 0 aliphatic carbocycles. The van der Waals surface area contributed by atoms with Crippen LogP contribution >= 0.6 is 0 Å². The first-order chi connectivity index (χ1) is 13.6. The van der Waals surface area contributed by atoms with Crippen molar-refractivity contribution in [3.05, 3.63) is 0 Å². The van der Waals surface area contributed by atoms with E-state index in [9.17, 15) is 9.59 Å². The average molecular weight is 397 g/mol. The van der Waals surface area contributed by atoms with E-state index in [0.717, 1.165) is 12.8 Å². The third-order valence-corrected chi connectivity index (χ3v) is 5.83. The fourth-order valence-corrected chi connectivity index (χ4v) is 3.93. The molecular weight excluding hydrogens is 352 g/mol. The number of rotatable bonds is 17. The van der Waals surface area contributed by atoms with Crippen LogP contribution in [0.3, 0.4) is 0 Å². The molecule has 4 heteroatoms. The van der Waals surface area contributed by atoms with E-state index in [1.165, 1.54) is 83.5 Å². The summed E-state index contributed by atoms with van der Waals surface area (Å²) in [7, 11) is 0. The standard InChI is InChI=1S/C24H44O4/c1-3-5-6-7-8-9-10-11-12-13-14-15-16-17-18-21-24(4-2)27-22(25)19-20-23(26)28-24/h3-21H2,1-2H3. The summed E-state index contributed by atoms with van der Waals surface area (Å²) in [4.78, 5) is 23.4. The third-order valence-electron chi connectivity index (χ3n) is 5.83. The molecule has 0 saturated carbocycles. The van der Waals surface area contributed by atoms with E-state index in [1.807, 2.05) is 6.92 Å². The summed E-state index contributed by atoms with van der Waals surface area (Å²) in [6.45, 7) is 4.18. The predicted octanol–water partition coefficient (Wildman–Crippen LogP) is 7.23. The largest absolute Gasteiger partial charge is 0.422 e. The summed E-state index contributed by atoms with van der Waals surface area (Å²) in [6, 6.07) is 0. The molecule has 28 heavy (non-hydrogen) atoms. The first-order valence-corrected chi connectivity index (χ1v) is 12.1. The van der Waals surface area contributed by atoms with E-state index in [1.54, 1.807) is 0 Å². The van der Waals surface area contributed by atoms with Crippen molar-refractivity contribution in [3.63, 3.8) is 0 Å². The van der Waals surface area contributed by atoms with Gasteiger partial charge < -0.3 is 9.47 Å². The lowest BCUT2D eigenvalue weighted by atomic mass is 10.0. The van der Waals surface area contributed by atoms with Gasteiger partial charge in [-0.15, -0.1) is 0 Å². The van der Waals surface area contributed by atoms with E-state index in [2.05, 4.69) is 6.92 Å². The van der Waals surface area contributed by atoms with Gasteiger partial charge in [0.1, 0.15) is 0 Å². The molecule has 4 nitrogen and oxygen atoms in total. The van der Waals surface area contributed by atoms with Gasteiger partial charge in [-0.1, -0.05) is 104 Å². The molecule has 0 aromatic carbocycles. The van der Waals surface area contributed by atoms with Crippen molar-refractivity contribution < 1.29 is 19.1 Å². The van der Waals surface area contributed by atoms with E-state index in [4.69, 9.17) is 9.47 Å². The molecule has 1 aliphatic rings. The van der Waals surface area contributed by atoms with Gasteiger partial charge >= 0.3 is 11.9 Å². The third kappa shape index (κ3) is 11.7. The Bertz CT molecular complexity index is 401. The molecule has 0 radical (unpaired) electrons. The van der Waals surface area contributed by atoms with Crippen molar-refractivity contribution >= 4 is 11.9 Å². The molecule has 0 aromatic heterocycles. The minimum Gasteiger partial charge on any atom is -0.422 e. The lowest BCUT2D eigenvalue weighted by molar-refractivity contribution is -0.226. The number of hydrogen-bond acceptors (Lipinski definition) is 4. The zero-order valence-electron chi connectivity index (χ0n) is 18.6. The summed E-state index contributed by atoms with van der Waals surface area (Å²) in [6.07, 6.45) is 21.2. The molecule has 0 atom stereocenters. The second kappa shape index (κ2) is 15.8. The molecule has 0 bridgehead atoms. The van der Waals surface area contributed by atoms with Crippen molar-refractivity contribution in [1.29, 1.82) is 0 Å². The highest BCUT2D eigenvalue weighted by Crippen LogP contribution is 2.29. The van der Waals surface area contributed by atoms with E-state index in [0.29, 0.717) is 12.8 Å². The summed E-state index contributed by atoms with van der Waals surface area (Å²) >= 11 is 0. The average Bonchev–Trinajstić information content (AvgIpc) is 2.83. The molecule has 1 saturated heterocycles. The van der Waals surface area contributed by atoms with Crippen LogP contribution in [0.1, 0.15) is 136 Å². The molecule has 1 heterocycles. The molecule has 0 aromatic rings. The summed E-state index contributed by atoms with van der Waals surface area (Å²) in [5.74, 6) is -1.64. The van der Waals surface area contributed by atoms with Gasteiger partial charge in [-0.05, 0) is 6.42 Å². The maximum Gasteiger partial charge on any atom is 0.309 e. The number of esters is 2. The predicted molar refractivity (Wildman–Crippen MR) is 114 cm³/mol. The van der Waals surface area contributed by atoms with Crippen molar-refractivity contribution in [2.24, 2.45) is 0 Å². The van der Waals surface area contributed by atoms with Crippen molar-refractivity contribution in [1.82, 2.24) is 0 Å². The molecule has 1 rings (SSSR count). The molecule has 0 spiro atoms.